The molecule has 2 aromatic carbocycles. The van der Waals surface area contributed by atoms with Crippen LogP contribution in [-0.4, -0.2) is 10.9 Å². The molecule has 0 aliphatic carbocycles. The van der Waals surface area contributed by atoms with Crippen LogP contribution in [0.1, 0.15) is 17.9 Å². The van der Waals surface area contributed by atoms with Crippen LogP contribution >= 0.6 is 27.5 Å². The highest BCUT2D eigenvalue weighted by Gasteiger charge is 2.10. The van der Waals surface area contributed by atoms with Crippen molar-refractivity contribution in [3.63, 3.8) is 0 Å². The summed E-state index contributed by atoms with van der Waals surface area (Å²) < 4.78 is 19.7. The minimum Gasteiger partial charge on any atom is -0.441 e. The Morgan fingerprint density at radius 3 is 2.77 bits per heavy atom. The predicted octanol–water partition coefficient (Wildman–Crippen LogP) is 5.15. The molecule has 0 aliphatic heterocycles. The smallest absolute Gasteiger partial charge is 0.220 e. The van der Waals surface area contributed by atoms with Crippen LogP contribution in [0.15, 0.2) is 57.6 Å². The number of hydrogen-bond donors (Lipinski definition) is 1. The largest absolute Gasteiger partial charge is 0.441 e. The van der Waals surface area contributed by atoms with E-state index < -0.39 is 0 Å². The van der Waals surface area contributed by atoms with Crippen LogP contribution in [0, 0.1) is 5.82 Å². The summed E-state index contributed by atoms with van der Waals surface area (Å²) in [6, 6.07) is 11.6. The van der Waals surface area contributed by atoms with E-state index in [2.05, 4.69) is 26.2 Å². The first-order chi connectivity index (χ1) is 12.5. The van der Waals surface area contributed by atoms with Gasteiger partial charge in [-0.15, -0.1) is 0 Å². The normalized spacial score (nSPS) is 10.7. The molecule has 0 saturated heterocycles. The zero-order valence-corrected chi connectivity index (χ0v) is 16.0. The van der Waals surface area contributed by atoms with Crippen LogP contribution in [-0.2, 0) is 17.8 Å². The summed E-state index contributed by atoms with van der Waals surface area (Å²) in [4.78, 5) is 16.2. The van der Waals surface area contributed by atoms with E-state index in [1.54, 1.807) is 24.4 Å². The van der Waals surface area contributed by atoms with Crippen molar-refractivity contribution in [3.05, 3.63) is 75.4 Å². The van der Waals surface area contributed by atoms with Crippen molar-refractivity contribution in [2.45, 2.75) is 19.4 Å². The molecule has 1 amide bonds. The lowest BCUT2D eigenvalue weighted by Gasteiger charge is -2.07. The van der Waals surface area contributed by atoms with Gasteiger partial charge in [0.05, 0.1) is 6.20 Å². The third-order valence-electron chi connectivity index (χ3n) is 3.73. The Morgan fingerprint density at radius 2 is 2.00 bits per heavy atom. The molecule has 0 aliphatic rings. The number of halogens is 3. The van der Waals surface area contributed by atoms with Crippen LogP contribution < -0.4 is 5.32 Å². The van der Waals surface area contributed by atoms with Gasteiger partial charge in [-0.05, 0) is 48.0 Å². The second-order valence-electron chi connectivity index (χ2n) is 5.64. The Kier molecular flexibility index (Phi) is 6.06. The number of amides is 1. The van der Waals surface area contributed by atoms with Gasteiger partial charge in [0.25, 0.3) is 0 Å². The first-order valence-corrected chi connectivity index (χ1v) is 9.09. The fourth-order valence-electron chi connectivity index (χ4n) is 2.35. The summed E-state index contributed by atoms with van der Waals surface area (Å²) in [5.74, 6) is 0.608. The molecule has 134 valence electrons. The van der Waals surface area contributed by atoms with Gasteiger partial charge in [-0.1, -0.05) is 27.5 Å². The first-order valence-electron chi connectivity index (χ1n) is 7.92. The SMILES string of the molecule is O=C(CCc1ncc(-c2ccc(Cl)cc2)o1)NCc1cc(F)ccc1Br. The molecule has 0 radical (unpaired) electrons. The molecular weight excluding hydrogens is 423 g/mol. The molecule has 3 aromatic rings. The van der Waals surface area contributed by atoms with Gasteiger partial charge in [0, 0.05) is 34.4 Å². The summed E-state index contributed by atoms with van der Waals surface area (Å²) in [7, 11) is 0. The molecule has 0 unspecified atom stereocenters. The number of aryl methyl sites for hydroxylation is 1. The topological polar surface area (TPSA) is 55.1 Å². The quantitative estimate of drug-likeness (QED) is 0.580. The van der Waals surface area contributed by atoms with Crippen molar-refractivity contribution < 1.29 is 13.6 Å². The molecule has 0 fully saturated rings. The second kappa shape index (κ2) is 8.47. The lowest BCUT2D eigenvalue weighted by molar-refractivity contribution is -0.121. The van der Waals surface area contributed by atoms with Crippen molar-refractivity contribution in [3.8, 4) is 11.3 Å². The Bertz CT molecular complexity index is 912. The van der Waals surface area contributed by atoms with Gasteiger partial charge >= 0.3 is 0 Å². The van der Waals surface area contributed by atoms with E-state index in [0.717, 1.165) is 10.0 Å². The van der Waals surface area contributed by atoms with Crippen LogP contribution in [0.2, 0.25) is 5.02 Å². The second-order valence-corrected chi connectivity index (χ2v) is 6.93. The molecule has 4 nitrogen and oxygen atoms in total. The van der Waals surface area contributed by atoms with E-state index in [0.29, 0.717) is 28.7 Å². The Hall–Kier alpha value is -2.18. The molecule has 1 aromatic heterocycles. The van der Waals surface area contributed by atoms with Gasteiger partial charge in [0.1, 0.15) is 5.82 Å². The average molecular weight is 438 g/mol. The number of benzene rings is 2. The molecule has 0 spiro atoms. The van der Waals surface area contributed by atoms with E-state index in [-0.39, 0.29) is 24.7 Å². The summed E-state index contributed by atoms with van der Waals surface area (Å²) in [5.41, 5.74) is 1.55. The zero-order chi connectivity index (χ0) is 18.5. The first kappa shape index (κ1) is 18.6. The Morgan fingerprint density at radius 1 is 1.23 bits per heavy atom. The molecule has 0 bridgehead atoms. The fraction of sp³-hybridized carbons (Fsp3) is 0.158. The van der Waals surface area contributed by atoms with Gasteiger partial charge < -0.3 is 9.73 Å². The van der Waals surface area contributed by atoms with Crippen LogP contribution in [0.25, 0.3) is 11.3 Å². The average Bonchev–Trinajstić information content (AvgIpc) is 3.10. The Balaban J connectivity index is 1.52. The van der Waals surface area contributed by atoms with E-state index >= 15 is 0 Å². The number of aromatic nitrogens is 1. The van der Waals surface area contributed by atoms with E-state index in [1.165, 1.54) is 12.1 Å². The number of carbonyl (C=O) groups is 1. The third kappa shape index (κ3) is 4.93. The number of nitrogens with one attached hydrogen (secondary N) is 1. The Labute approximate surface area is 163 Å². The van der Waals surface area contributed by atoms with E-state index in [1.807, 2.05) is 12.1 Å². The molecule has 1 N–H and O–H groups in total. The van der Waals surface area contributed by atoms with Crippen LogP contribution in [0.4, 0.5) is 4.39 Å². The maximum atomic E-state index is 13.2. The van der Waals surface area contributed by atoms with Crippen molar-refractivity contribution in [1.82, 2.24) is 10.3 Å². The van der Waals surface area contributed by atoms with Crippen molar-refractivity contribution in [1.29, 1.82) is 0 Å². The number of oxazole rings is 1. The molecule has 7 heteroatoms. The molecule has 0 saturated carbocycles. The zero-order valence-electron chi connectivity index (χ0n) is 13.6. The maximum absolute atomic E-state index is 13.2. The van der Waals surface area contributed by atoms with Gasteiger partial charge in [0.15, 0.2) is 11.7 Å². The van der Waals surface area contributed by atoms with Gasteiger partial charge in [-0.3, -0.25) is 4.79 Å². The highest BCUT2D eigenvalue weighted by atomic mass is 79.9. The summed E-state index contributed by atoms with van der Waals surface area (Å²) in [5, 5.41) is 3.41. The third-order valence-corrected chi connectivity index (χ3v) is 4.76. The number of rotatable bonds is 6. The van der Waals surface area contributed by atoms with Gasteiger partial charge in [-0.2, -0.15) is 0 Å². The maximum Gasteiger partial charge on any atom is 0.220 e. The minimum atomic E-state index is -0.341. The highest BCUT2D eigenvalue weighted by molar-refractivity contribution is 9.10. The fourth-order valence-corrected chi connectivity index (χ4v) is 2.87. The minimum absolute atomic E-state index is 0.160. The van der Waals surface area contributed by atoms with Crippen molar-refractivity contribution in [2.24, 2.45) is 0 Å². The monoisotopic (exact) mass is 436 g/mol. The predicted molar refractivity (Wildman–Crippen MR) is 101 cm³/mol. The lowest BCUT2D eigenvalue weighted by Crippen LogP contribution is -2.23. The summed E-state index contributed by atoms with van der Waals surface area (Å²) in [6.45, 7) is 0.249. The van der Waals surface area contributed by atoms with Crippen LogP contribution in [0.5, 0.6) is 0 Å². The molecule has 3 rings (SSSR count). The molecule has 0 atom stereocenters. The number of nitrogens with zero attached hydrogens (tertiary/aromatic N) is 1. The summed E-state index contributed by atoms with van der Waals surface area (Å²) in [6.07, 6.45) is 2.23. The number of carbonyl (C=O) groups excluding carboxylic acids is 1. The van der Waals surface area contributed by atoms with E-state index in [9.17, 15) is 9.18 Å². The molecular formula is C19H15BrClFN2O2. The number of hydrogen-bond acceptors (Lipinski definition) is 3. The summed E-state index contributed by atoms with van der Waals surface area (Å²) >= 11 is 9.20. The lowest BCUT2D eigenvalue weighted by atomic mass is 10.2. The van der Waals surface area contributed by atoms with Gasteiger partial charge in [-0.25, -0.2) is 9.37 Å². The van der Waals surface area contributed by atoms with Gasteiger partial charge in [0.2, 0.25) is 5.91 Å². The standard InChI is InChI=1S/C19H15BrClFN2O2/c20-16-6-5-15(22)9-13(16)10-23-18(25)7-8-19-24-11-17(26-19)12-1-3-14(21)4-2-12/h1-6,9,11H,7-8,10H2,(H,23,25). The van der Waals surface area contributed by atoms with Crippen molar-refractivity contribution >= 4 is 33.4 Å². The van der Waals surface area contributed by atoms with E-state index in [4.69, 9.17) is 16.0 Å². The van der Waals surface area contributed by atoms with Crippen molar-refractivity contribution in [2.75, 3.05) is 0 Å². The van der Waals surface area contributed by atoms with Crippen LogP contribution in [0.3, 0.4) is 0 Å². The molecule has 1 heterocycles. The highest BCUT2D eigenvalue weighted by Crippen LogP contribution is 2.23. The molecule has 26 heavy (non-hydrogen) atoms.